The molecule has 1 N–H and O–H groups in total. The van der Waals surface area contributed by atoms with Gasteiger partial charge in [0.1, 0.15) is 5.82 Å². The number of hydrogen-bond donors (Lipinski definition) is 1. The van der Waals surface area contributed by atoms with Crippen LogP contribution in [-0.4, -0.2) is 21.8 Å². The maximum atomic E-state index is 4.94. The maximum absolute atomic E-state index is 4.94. The smallest absolute Gasteiger partial charge is 0.126 e. The molecule has 2 heterocycles. The first-order chi connectivity index (χ1) is 14.3. The summed E-state index contributed by atoms with van der Waals surface area (Å²) in [7, 11) is 0. The van der Waals surface area contributed by atoms with E-state index >= 15 is 0 Å². The normalized spacial score (nSPS) is 15.6. The largest absolute Gasteiger partial charge is 0.347 e. The first-order valence-corrected chi connectivity index (χ1v) is 10.8. The van der Waals surface area contributed by atoms with E-state index in [1.54, 1.807) is 0 Å². The van der Waals surface area contributed by atoms with Crippen molar-refractivity contribution >= 4 is 33.8 Å². The SMILES string of the molecule is CCn1c2ccccc2c2cc(/C=N\N(c3ccc[nH]3)C3CCCCC3)ccc21. The predicted octanol–water partition coefficient (Wildman–Crippen LogP) is 6.32. The molecule has 1 aliphatic rings. The van der Waals surface area contributed by atoms with Gasteiger partial charge in [-0.1, -0.05) is 43.5 Å². The van der Waals surface area contributed by atoms with Crippen LogP contribution in [0.2, 0.25) is 0 Å². The van der Waals surface area contributed by atoms with Crippen molar-refractivity contribution in [1.82, 2.24) is 9.55 Å². The van der Waals surface area contributed by atoms with Gasteiger partial charge in [-0.25, -0.2) is 5.01 Å². The Bertz CT molecular complexity index is 1130. The fourth-order valence-corrected chi connectivity index (χ4v) is 4.76. The minimum atomic E-state index is 0.476. The molecule has 0 aliphatic heterocycles. The van der Waals surface area contributed by atoms with Crippen LogP contribution in [0, 0.1) is 0 Å². The molecular formula is C25H28N4. The molecule has 148 valence electrons. The van der Waals surface area contributed by atoms with Gasteiger partial charge in [-0.05, 0) is 55.7 Å². The molecule has 1 saturated carbocycles. The van der Waals surface area contributed by atoms with Crippen molar-refractivity contribution in [2.45, 2.75) is 51.6 Å². The minimum Gasteiger partial charge on any atom is -0.347 e. The molecule has 0 atom stereocenters. The fourth-order valence-electron chi connectivity index (χ4n) is 4.76. The highest BCUT2D eigenvalue weighted by molar-refractivity contribution is 6.09. The lowest BCUT2D eigenvalue weighted by atomic mass is 9.95. The monoisotopic (exact) mass is 384 g/mol. The van der Waals surface area contributed by atoms with Crippen molar-refractivity contribution < 1.29 is 0 Å². The number of nitrogens with zero attached hydrogens (tertiary/aromatic N) is 3. The number of H-pyrrole nitrogens is 1. The average Bonchev–Trinajstić information content (AvgIpc) is 3.41. The maximum Gasteiger partial charge on any atom is 0.126 e. The number of fused-ring (bicyclic) bond motifs is 3. The molecule has 0 amide bonds. The first-order valence-electron chi connectivity index (χ1n) is 10.8. The molecule has 1 aliphatic carbocycles. The van der Waals surface area contributed by atoms with Gasteiger partial charge in [0, 0.05) is 34.5 Å². The number of benzene rings is 2. The van der Waals surface area contributed by atoms with Crippen LogP contribution in [0.15, 0.2) is 65.9 Å². The molecular weight excluding hydrogens is 356 g/mol. The zero-order valence-electron chi connectivity index (χ0n) is 17.0. The van der Waals surface area contributed by atoms with Gasteiger partial charge in [-0.2, -0.15) is 5.10 Å². The van der Waals surface area contributed by atoms with Crippen molar-refractivity contribution in [3.05, 3.63) is 66.4 Å². The van der Waals surface area contributed by atoms with Crippen molar-refractivity contribution in [2.75, 3.05) is 5.01 Å². The quantitative estimate of drug-likeness (QED) is 0.317. The lowest BCUT2D eigenvalue weighted by Crippen LogP contribution is -2.33. The average molecular weight is 385 g/mol. The summed E-state index contributed by atoms with van der Waals surface area (Å²) < 4.78 is 2.39. The van der Waals surface area contributed by atoms with Gasteiger partial charge in [-0.3, -0.25) is 0 Å². The highest BCUT2D eigenvalue weighted by Crippen LogP contribution is 2.30. The van der Waals surface area contributed by atoms with Gasteiger partial charge in [0.25, 0.3) is 0 Å². The summed E-state index contributed by atoms with van der Waals surface area (Å²) in [5, 5.41) is 9.75. The number of hydrazone groups is 1. The Hall–Kier alpha value is -3.01. The lowest BCUT2D eigenvalue weighted by molar-refractivity contribution is 0.417. The Kier molecular flexibility index (Phi) is 4.84. The Morgan fingerprint density at radius 1 is 1.00 bits per heavy atom. The summed E-state index contributed by atoms with van der Waals surface area (Å²) in [4.78, 5) is 3.34. The van der Waals surface area contributed by atoms with Crippen LogP contribution in [0.5, 0.6) is 0 Å². The molecule has 0 saturated heterocycles. The molecule has 2 aromatic heterocycles. The van der Waals surface area contributed by atoms with Gasteiger partial charge >= 0.3 is 0 Å². The Morgan fingerprint density at radius 2 is 1.83 bits per heavy atom. The standard InChI is InChI=1S/C25H28N4/c1-2-28-23-12-7-6-11-21(23)22-17-19(14-15-24(22)28)18-27-29(25-13-8-16-26-25)20-9-4-3-5-10-20/h6-8,11-18,20,26H,2-5,9-10H2,1H3/b27-18-. The van der Waals surface area contributed by atoms with Crippen LogP contribution in [0.1, 0.15) is 44.6 Å². The second-order valence-electron chi connectivity index (χ2n) is 7.97. The van der Waals surface area contributed by atoms with E-state index in [0.717, 1.165) is 17.9 Å². The third-order valence-electron chi connectivity index (χ3n) is 6.19. The van der Waals surface area contributed by atoms with Crippen molar-refractivity contribution in [3.63, 3.8) is 0 Å². The highest BCUT2D eigenvalue weighted by Gasteiger charge is 2.21. The van der Waals surface area contributed by atoms with Gasteiger partial charge < -0.3 is 9.55 Å². The number of anilines is 1. The topological polar surface area (TPSA) is 36.3 Å². The Morgan fingerprint density at radius 3 is 2.62 bits per heavy atom. The van der Waals surface area contributed by atoms with Crippen LogP contribution in [0.3, 0.4) is 0 Å². The van der Waals surface area contributed by atoms with Crippen LogP contribution in [0.4, 0.5) is 5.82 Å². The second-order valence-corrected chi connectivity index (χ2v) is 7.97. The van der Waals surface area contributed by atoms with Crippen molar-refractivity contribution in [1.29, 1.82) is 0 Å². The van der Waals surface area contributed by atoms with Crippen LogP contribution < -0.4 is 5.01 Å². The minimum absolute atomic E-state index is 0.476. The number of aromatic amines is 1. The van der Waals surface area contributed by atoms with E-state index in [0.29, 0.717) is 6.04 Å². The first kappa shape index (κ1) is 18.0. The molecule has 0 radical (unpaired) electrons. The Balaban J connectivity index is 1.52. The van der Waals surface area contributed by atoms with E-state index in [9.17, 15) is 0 Å². The van der Waals surface area contributed by atoms with Crippen molar-refractivity contribution in [3.8, 4) is 0 Å². The van der Waals surface area contributed by atoms with Gasteiger partial charge in [-0.15, -0.1) is 0 Å². The number of nitrogens with one attached hydrogen (secondary N) is 1. The lowest BCUT2D eigenvalue weighted by Gasteiger charge is -2.31. The molecule has 5 rings (SSSR count). The molecule has 4 nitrogen and oxygen atoms in total. The summed E-state index contributed by atoms with van der Waals surface area (Å²) in [5.74, 6) is 1.08. The zero-order valence-corrected chi connectivity index (χ0v) is 17.0. The predicted molar refractivity (Wildman–Crippen MR) is 123 cm³/mol. The molecule has 0 spiro atoms. The van der Waals surface area contributed by atoms with Crippen LogP contribution in [0.25, 0.3) is 21.8 Å². The summed E-state index contributed by atoms with van der Waals surface area (Å²) in [6.45, 7) is 3.18. The number of rotatable bonds is 5. The summed E-state index contributed by atoms with van der Waals surface area (Å²) in [6, 6.07) is 20.0. The summed E-state index contributed by atoms with van der Waals surface area (Å²) >= 11 is 0. The van der Waals surface area contributed by atoms with Crippen molar-refractivity contribution in [2.24, 2.45) is 5.10 Å². The third kappa shape index (κ3) is 3.33. The van der Waals surface area contributed by atoms with E-state index in [2.05, 4.69) is 70.0 Å². The molecule has 4 aromatic rings. The van der Waals surface area contributed by atoms with Gasteiger partial charge in [0.05, 0.1) is 12.3 Å². The third-order valence-corrected chi connectivity index (χ3v) is 6.19. The molecule has 2 aromatic carbocycles. The summed E-state index contributed by atoms with van der Waals surface area (Å²) in [5.41, 5.74) is 3.73. The number of para-hydroxylation sites is 1. The summed E-state index contributed by atoms with van der Waals surface area (Å²) in [6.07, 6.45) is 10.3. The van der Waals surface area contributed by atoms with Crippen LogP contribution in [-0.2, 0) is 6.54 Å². The fraction of sp³-hybridized carbons (Fsp3) is 0.320. The molecule has 4 heteroatoms. The van der Waals surface area contributed by atoms with E-state index in [1.165, 1.54) is 53.9 Å². The number of aryl methyl sites for hydroxylation is 1. The van der Waals surface area contributed by atoms with E-state index in [-0.39, 0.29) is 0 Å². The molecule has 0 unspecified atom stereocenters. The van der Waals surface area contributed by atoms with Crippen LogP contribution >= 0.6 is 0 Å². The molecule has 29 heavy (non-hydrogen) atoms. The van der Waals surface area contributed by atoms with E-state index in [4.69, 9.17) is 5.10 Å². The zero-order chi connectivity index (χ0) is 19.6. The second kappa shape index (κ2) is 7.78. The van der Waals surface area contributed by atoms with E-state index < -0.39 is 0 Å². The number of aromatic nitrogens is 2. The van der Waals surface area contributed by atoms with Gasteiger partial charge in [0.15, 0.2) is 0 Å². The highest BCUT2D eigenvalue weighted by atomic mass is 15.5. The molecule has 1 fully saturated rings. The van der Waals surface area contributed by atoms with Gasteiger partial charge in [0.2, 0.25) is 0 Å². The number of hydrogen-bond acceptors (Lipinski definition) is 2. The van der Waals surface area contributed by atoms with E-state index in [1.807, 2.05) is 18.5 Å². The molecule has 0 bridgehead atoms. The Labute approximate surface area is 171 Å².